The van der Waals surface area contributed by atoms with Crippen LogP contribution in [0.15, 0.2) is 107 Å². The summed E-state index contributed by atoms with van der Waals surface area (Å²) in [5.41, 5.74) is 3.40. The molecule has 0 bridgehead atoms. The van der Waals surface area contributed by atoms with Crippen LogP contribution in [0.1, 0.15) is 0 Å². The van der Waals surface area contributed by atoms with Gasteiger partial charge in [-0.05, 0) is 85.1 Å². The maximum atomic E-state index is 6.55. The van der Waals surface area contributed by atoms with E-state index in [1.54, 1.807) is 0 Å². The van der Waals surface area contributed by atoms with Crippen LogP contribution in [0.5, 0.6) is 0 Å². The van der Waals surface area contributed by atoms with Crippen LogP contribution in [-0.2, 0) is 0 Å². The highest BCUT2D eigenvalue weighted by molar-refractivity contribution is 7.99. The Morgan fingerprint density at radius 2 is 0.886 bits per heavy atom. The molecule has 4 nitrogen and oxygen atoms in total. The van der Waals surface area contributed by atoms with E-state index in [0.717, 1.165) is 32.5 Å². The Morgan fingerprint density at radius 1 is 0.514 bits per heavy atom. The summed E-state index contributed by atoms with van der Waals surface area (Å²) in [6.45, 7) is 0. The Labute approximate surface area is 229 Å². The summed E-state index contributed by atoms with van der Waals surface area (Å²) in [6.07, 6.45) is 0. The molecule has 0 unspecified atom stereocenters. The van der Waals surface area contributed by atoms with E-state index in [1.165, 1.54) is 11.8 Å². The second kappa shape index (κ2) is 12.2. The molecule has 35 heavy (non-hydrogen) atoms. The van der Waals surface area contributed by atoms with E-state index in [4.69, 9.17) is 47.6 Å². The molecule has 4 aromatic carbocycles. The lowest BCUT2D eigenvalue weighted by molar-refractivity contribution is 1.40. The number of hydrogen-bond donors (Lipinski definition) is 4. The predicted molar refractivity (Wildman–Crippen MR) is 160 cm³/mol. The topological polar surface area (TPSA) is 48.1 Å². The van der Waals surface area contributed by atoms with Gasteiger partial charge in [-0.2, -0.15) is 0 Å². The molecule has 0 atom stereocenters. The second-order valence-corrected chi connectivity index (χ2v) is 10.00. The summed E-state index contributed by atoms with van der Waals surface area (Å²) in [5.74, 6) is 0. The SMILES string of the molecule is S=C(Nc1ccccc1)Nc1ccc(Sc2ccc(NC(=S)Nc3ccccc3)cc2Cl)c(Cl)c1. The van der Waals surface area contributed by atoms with Crippen molar-refractivity contribution in [3.8, 4) is 0 Å². The standard InChI is InChI=1S/C26H20Cl2N4S3/c27-21-15-19(31-25(33)29-17-7-3-1-4-8-17)11-13-23(21)35-24-14-12-20(16-22(24)28)32-26(34)30-18-9-5-2-6-10-18/h1-16H,(H2,29,31,33)(H2,30,32,34). The van der Waals surface area contributed by atoms with Crippen molar-refractivity contribution in [2.24, 2.45) is 0 Å². The number of hydrogen-bond acceptors (Lipinski definition) is 3. The molecule has 0 saturated heterocycles. The zero-order valence-electron chi connectivity index (χ0n) is 18.2. The lowest BCUT2D eigenvalue weighted by Gasteiger charge is -2.13. The average Bonchev–Trinajstić information content (AvgIpc) is 2.83. The Kier molecular flexibility index (Phi) is 8.84. The lowest BCUT2D eigenvalue weighted by Crippen LogP contribution is -2.18. The van der Waals surface area contributed by atoms with E-state index in [1.807, 2.05) is 97.1 Å². The van der Waals surface area contributed by atoms with Crippen molar-refractivity contribution in [1.82, 2.24) is 0 Å². The molecule has 0 fully saturated rings. The van der Waals surface area contributed by atoms with Gasteiger partial charge in [0.2, 0.25) is 0 Å². The monoisotopic (exact) mass is 554 g/mol. The number of halogens is 2. The Morgan fingerprint density at radius 3 is 1.26 bits per heavy atom. The average molecular weight is 556 g/mol. The van der Waals surface area contributed by atoms with Crippen molar-refractivity contribution in [2.45, 2.75) is 9.79 Å². The predicted octanol–water partition coefficient (Wildman–Crippen LogP) is 8.76. The van der Waals surface area contributed by atoms with Gasteiger partial charge < -0.3 is 21.3 Å². The Balaban J connectivity index is 1.36. The van der Waals surface area contributed by atoms with E-state index in [0.29, 0.717) is 20.3 Å². The summed E-state index contributed by atoms with van der Waals surface area (Å²) in [7, 11) is 0. The molecule has 4 rings (SSSR count). The maximum Gasteiger partial charge on any atom is 0.175 e. The van der Waals surface area contributed by atoms with Crippen LogP contribution in [-0.4, -0.2) is 10.2 Å². The van der Waals surface area contributed by atoms with E-state index in [2.05, 4.69) is 21.3 Å². The highest BCUT2D eigenvalue weighted by atomic mass is 35.5. The van der Waals surface area contributed by atoms with Crippen molar-refractivity contribution >= 4 is 92.4 Å². The van der Waals surface area contributed by atoms with Crippen LogP contribution in [0.4, 0.5) is 22.7 Å². The summed E-state index contributed by atoms with van der Waals surface area (Å²) in [5, 5.41) is 14.7. The van der Waals surface area contributed by atoms with E-state index < -0.39 is 0 Å². The summed E-state index contributed by atoms with van der Waals surface area (Å²) >= 11 is 25.4. The summed E-state index contributed by atoms with van der Waals surface area (Å²) < 4.78 is 0. The lowest BCUT2D eigenvalue weighted by atomic mass is 10.3. The second-order valence-electron chi connectivity index (χ2n) is 7.28. The molecule has 4 N–H and O–H groups in total. The third-order valence-corrected chi connectivity index (χ3v) is 7.07. The zero-order valence-corrected chi connectivity index (χ0v) is 22.2. The first-order chi connectivity index (χ1) is 17.0. The highest BCUT2D eigenvalue weighted by Crippen LogP contribution is 2.39. The number of benzene rings is 4. The first-order valence-corrected chi connectivity index (χ1v) is 12.9. The molecule has 0 aromatic heterocycles. The maximum absolute atomic E-state index is 6.55. The molecule has 4 aromatic rings. The normalized spacial score (nSPS) is 10.3. The van der Waals surface area contributed by atoms with Crippen molar-refractivity contribution in [3.63, 3.8) is 0 Å². The Bertz CT molecular complexity index is 1230. The number of para-hydroxylation sites is 2. The van der Waals surface area contributed by atoms with Crippen LogP contribution in [0.2, 0.25) is 10.0 Å². The third-order valence-electron chi connectivity index (χ3n) is 4.66. The molecule has 0 aliphatic heterocycles. The summed E-state index contributed by atoms with van der Waals surface area (Å²) in [6, 6.07) is 30.8. The molecule has 0 aliphatic rings. The van der Waals surface area contributed by atoms with Crippen LogP contribution in [0.25, 0.3) is 0 Å². The molecular formula is C26H20Cl2N4S3. The van der Waals surface area contributed by atoms with Gasteiger partial charge in [-0.3, -0.25) is 0 Å². The summed E-state index contributed by atoms with van der Waals surface area (Å²) in [4.78, 5) is 1.76. The van der Waals surface area contributed by atoms with Gasteiger partial charge in [-0.15, -0.1) is 0 Å². The van der Waals surface area contributed by atoms with Crippen LogP contribution in [0, 0.1) is 0 Å². The van der Waals surface area contributed by atoms with Gasteiger partial charge in [0.25, 0.3) is 0 Å². The first-order valence-electron chi connectivity index (χ1n) is 10.5. The van der Waals surface area contributed by atoms with Gasteiger partial charge in [0.05, 0.1) is 10.0 Å². The van der Waals surface area contributed by atoms with Gasteiger partial charge in [0, 0.05) is 32.5 Å². The fourth-order valence-electron chi connectivity index (χ4n) is 3.07. The smallest absolute Gasteiger partial charge is 0.175 e. The van der Waals surface area contributed by atoms with Crippen molar-refractivity contribution < 1.29 is 0 Å². The molecular weight excluding hydrogens is 535 g/mol. The molecule has 176 valence electrons. The number of nitrogens with one attached hydrogen (secondary N) is 4. The minimum atomic E-state index is 0.485. The van der Waals surface area contributed by atoms with Crippen molar-refractivity contribution in [1.29, 1.82) is 0 Å². The van der Waals surface area contributed by atoms with E-state index in [-0.39, 0.29) is 0 Å². The number of thiocarbonyl (C=S) groups is 2. The molecule has 0 spiro atoms. The van der Waals surface area contributed by atoms with Crippen LogP contribution < -0.4 is 21.3 Å². The minimum absolute atomic E-state index is 0.485. The van der Waals surface area contributed by atoms with Gasteiger partial charge in [0.1, 0.15) is 0 Å². The minimum Gasteiger partial charge on any atom is -0.332 e. The fourth-order valence-corrected chi connectivity index (χ4v) is 4.96. The largest absolute Gasteiger partial charge is 0.332 e. The molecule has 9 heteroatoms. The van der Waals surface area contributed by atoms with Gasteiger partial charge in [0.15, 0.2) is 10.2 Å². The molecule has 0 aliphatic carbocycles. The first kappa shape index (κ1) is 25.3. The van der Waals surface area contributed by atoms with Gasteiger partial charge >= 0.3 is 0 Å². The van der Waals surface area contributed by atoms with Crippen molar-refractivity contribution in [3.05, 3.63) is 107 Å². The van der Waals surface area contributed by atoms with E-state index in [9.17, 15) is 0 Å². The number of rotatable bonds is 6. The zero-order chi connectivity index (χ0) is 24.6. The molecule has 0 heterocycles. The van der Waals surface area contributed by atoms with E-state index >= 15 is 0 Å². The van der Waals surface area contributed by atoms with Crippen molar-refractivity contribution in [2.75, 3.05) is 21.3 Å². The molecule has 0 saturated carbocycles. The fraction of sp³-hybridized carbons (Fsp3) is 0. The molecule has 0 amide bonds. The van der Waals surface area contributed by atoms with Gasteiger partial charge in [-0.25, -0.2) is 0 Å². The third kappa shape index (κ3) is 7.59. The van der Waals surface area contributed by atoms with Crippen LogP contribution >= 0.6 is 59.4 Å². The highest BCUT2D eigenvalue weighted by Gasteiger charge is 2.10. The van der Waals surface area contributed by atoms with Gasteiger partial charge in [-0.1, -0.05) is 71.4 Å². The Hall–Kier alpha value is -2.81. The number of anilines is 4. The van der Waals surface area contributed by atoms with Crippen LogP contribution in [0.3, 0.4) is 0 Å². The molecule has 0 radical (unpaired) electrons. The quantitative estimate of drug-likeness (QED) is 0.178.